The lowest BCUT2D eigenvalue weighted by atomic mass is 10.0. The molecule has 0 fully saturated rings. The number of hydrogen-bond donors (Lipinski definition) is 1. The van der Waals surface area contributed by atoms with Crippen molar-refractivity contribution in [1.29, 1.82) is 0 Å². The molecule has 0 radical (unpaired) electrons. The summed E-state index contributed by atoms with van der Waals surface area (Å²) in [6.45, 7) is 5.93. The minimum atomic E-state index is -0.125. The van der Waals surface area contributed by atoms with E-state index in [9.17, 15) is 4.79 Å². The van der Waals surface area contributed by atoms with Crippen LogP contribution in [-0.2, 0) is 0 Å². The Balaban J connectivity index is 2.55. The maximum Gasteiger partial charge on any atom is 0.265 e. The molecule has 2 rings (SSSR count). The smallest absolute Gasteiger partial charge is 0.265 e. The quantitative estimate of drug-likeness (QED) is 0.856. The number of nitrogens with zero attached hydrogens (tertiary/aromatic N) is 1. The van der Waals surface area contributed by atoms with Gasteiger partial charge in [0.15, 0.2) is 0 Å². The van der Waals surface area contributed by atoms with Crippen molar-refractivity contribution in [2.75, 3.05) is 17.3 Å². The van der Waals surface area contributed by atoms with Gasteiger partial charge in [-0.1, -0.05) is 42.0 Å². The molecule has 0 aromatic heterocycles. The largest absolute Gasteiger partial charge is 0.387 e. The van der Waals surface area contributed by atoms with Crippen LogP contribution in [-0.4, -0.2) is 18.4 Å². The topological polar surface area (TPSA) is 32.3 Å². The number of hydrogen-bond acceptors (Lipinski definition) is 3. The highest BCUT2D eigenvalue weighted by Crippen LogP contribution is 2.27. The van der Waals surface area contributed by atoms with Gasteiger partial charge in [0.2, 0.25) is 0 Å². The van der Waals surface area contributed by atoms with Crippen LogP contribution in [0.15, 0.2) is 36.4 Å². The number of rotatable bonds is 4. The zero-order valence-electron chi connectivity index (χ0n) is 13.3. The molecule has 0 atom stereocenters. The molecule has 0 spiro atoms. The second-order valence-corrected chi connectivity index (χ2v) is 5.53. The van der Waals surface area contributed by atoms with Crippen LogP contribution in [0.4, 0.5) is 11.4 Å². The third-order valence-corrected chi connectivity index (χ3v) is 3.89. The molecule has 1 amide bonds. The van der Waals surface area contributed by atoms with Crippen LogP contribution in [0.25, 0.3) is 0 Å². The highest BCUT2D eigenvalue weighted by Gasteiger charge is 2.21. The number of thiocarbonyl (C=S) groups is 1. The Morgan fingerprint density at radius 1 is 1.14 bits per heavy atom. The number of benzene rings is 2. The number of amides is 1. The van der Waals surface area contributed by atoms with Crippen molar-refractivity contribution in [2.24, 2.45) is 0 Å². The van der Waals surface area contributed by atoms with Crippen LogP contribution < -0.4 is 10.2 Å². The Labute approximate surface area is 137 Å². The minimum absolute atomic E-state index is 0.125. The molecule has 0 bridgehead atoms. The molecule has 4 heteroatoms. The molecule has 0 saturated carbocycles. The molecule has 1 N–H and O–H groups in total. The van der Waals surface area contributed by atoms with Crippen LogP contribution in [0.1, 0.15) is 27.0 Å². The number of carbonyl (C=O) groups excluding carboxylic acids is 1. The first-order chi connectivity index (χ1) is 10.5. The predicted molar refractivity (Wildman–Crippen MR) is 97.1 cm³/mol. The van der Waals surface area contributed by atoms with Gasteiger partial charge < -0.3 is 5.32 Å². The highest BCUT2D eigenvalue weighted by atomic mass is 32.1. The third-order valence-electron chi connectivity index (χ3n) is 3.68. The maximum absolute atomic E-state index is 13.0. The summed E-state index contributed by atoms with van der Waals surface area (Å²) in [5.41, 5.74) is 6.76. The normalized spacial score (nSPS) is 10.2. The number of anilines is 2. The second-order valence-electron chi connectivity index (χ2n) is 5.32. The molecular weight excluding hydrogens is 292 g/mol. The lowest BCUT2D eigenvalue weighted by molar-refractivity contribution is 0.100. The molecule has 0 aliphatic carbocycles. The van der Waals surface area contributed by atoms with Gasteiger partial charge in [0.05, 0.1) is 16.7 Å². The summed E-state index contributed by atoms with van der Waals surface area (Å²) in [6.07, 6.45) is 0. The van der Waals surface area contributed by atoms with Gasteiger partial charge >= 0.3 is 0 Å². The summed E-state index contributed by atoms with van der Waals surface area (Å²) in [7, 11) is 1.81. The standard InChI is InChI=1S/C18H20N2OS/c1-12-8-9-16(19-4)15(10-12)18(21)20(11-22)17-13(2)6-5-7-14(17)3/h5-11,19H,1-4H3. The van der Waals surface area contributed by atoms with E-state index in [1.807, 2.05) is 64.2 Å². The Kier molecular flexibility index (Phi) is 4.93. The molecule has 0 unspecified atom stereocenters. The first-order valence-electron chi connectivity index (χ1n) is 7.13. The zero-order chi connectivity index (χ0) is 16.3. The number of aryl methyl sites for hydroxylation is 3. The van der Waals surface area contributed by atoms with Crippen LogP contribution in [0, 0.1) is 20.8 Å². The number of nitrogens with one attached hydrogen (secondary N) is 1. The van der Waals surface area contributed by atoms with E-state index in [-0.39, 0.29) is 5.91 Å². The van der Waals surface area contributed by atoms with Gasteiger partial charge in [-0.15, -0.1) is 0 Å². The lowest BCUT2D eigenvalue weighted by Crippen LogP contribution is -2.30. The van der Waals surface area contributed by atoms with Crippen LogP contribution in [0.2, 0.25) is 0 Å². The van der Waals surface area contributed by atoms with Crippen molar-refractivity contribution in [1.82, 2.24) is 0 Å². The molecule has 2 aromatic rings. The molecule has 2 aromatic carbocycles. The Morgan fingerprint density at radius 2 is 1.77 bits per heavy atom. The van der Waals surface area contributed by atoms with Gasteiger partial charge in [-0.3, -0.25) is 9.69 Å². The molecule has 0 heterocycles. The molecule has 0 saturated heterocycles. The van der Waals surface area contributed by atoms with E-state index >= 15 is 0 Å². The van der Waals surface area contributed by atoms with Crippen molar-refractivity contribution < 1.29 is 4.79 Å². The third kappa shape index (κ3) is 3.02. The fourth-order valence-electron chi connectivity index (χ4n) is 2.57. The van der Waals surface area contributed by atoms with E-state index in [1.165, 1.54) is 5.49 Å². The van der Waals surface area contributed by atoms with Crippen molar-refractivity contribution >= 4 is 35.0 Å². The summed E-state index contributed by atoms with van der Waals surface area (Å²) in [5, 5.41) is 3.07. The van der Waals surface area contributed by atoms with E-state index in [0.29, 0.717) is 5.56 Å². The van der Waals surface area contributed by atoms with Crippen molar-refractivity contribution in [3.63, 3.8) is 0 Å². The lowest BCUT2D eigenvalue weighted by Gasteiger charge is -2.23. The number of para-hydroxylation sites is 1. The van der Waals surface area contributed by atoms with Gasteiger partial charge in [0.1, 0.15) is 0 Å². The van der Waals surface area contributed by atoms with Gasteiger partial charge in [0.25, 0.3) is 5.91 Å². The monoisotopic (exact) mass is 312 g/mol. The average molecular weight is 312 g/mol. The summed E-state index contributed by atoms with van der Waals surface area (Å²) in [4.78, 5) is 14.6. The molecule has 3 nitrogen and oxygen atoms in total. The predicted octanol–water partition coefficient (Wildman–Crippen LogP) is 4.26. The van der Waals surface area contributed by atoms with E-state index in [4.69, 9.17) is 12.2 Å². The van der Waals surface area contributed by atoms with E-state index in [2.05, 4.69) is 5.32 Å². The van der Waals surface area contributed by atoms with Gasteiger partial charge in [0, 0.05) is 12.7 Å². The highest BCUT2D eigenvalue weighted by molar-refractivity contribution is 7.79. The molecule has 0 aliphatic heterocycles. The minimum Gasteiger partial charge on any atom is -0.387 e. The van der Waals surface area contributed by atoms with Gasteiger partial charge in [-0.05, 0) is 44.0 Å². The van der Waals surface area contributed by atoms with E-state index in [1.54, 1.807) is 4.90 Å². The zero-order valence-corrected chi connectivity index (χ0v) is 14.1. The van der Waals surface area contributed by atoms with Crippen molar-refractivity contribution in [2.45, 2.75) is 20.8 Å². The molecular formula is C18H20N2OS. The van der Waals surface area contributed by atoms with Crippen molar-refractivity contribution in [3.05, 3.63) is 58.7 Å². The first-order valence-corrected chi connectivity index (χ1v) is 7.60. The maximum atomic E-state index is 13.0. The molecule has 22 heavy (non-hydrogen) atoms. The summed E-state index contributed by atoms with van der Waals surface area (Å²) >= 11 is 5.12. The SMILES string of the molecule is CNc1ccc(C)cc1C(=O)N(C=S)c1c(C)cccc1C. The Bertz CT molecular complexity index is 705. The van der Waals surface area contributed by atoms with Crippen LogP contribution in [0.3, 0.4) is 0 Å². The average Bonchev–Trinajstić information content (AvgIpc) is 2.50. The first kappa shape index (κ1) is 16.2. The molecule has 114 valence electrons. The van der Waals surface area contributed by atoms with Crippen LogP contribution in [0.5, 0.6) is 0 Å². The van der Waals surface area contributed by atoms with E-state index in [0.717, 1.165) is 28.1 Å². The number of carbonyl (C=O) groups is 1. The van der Waals surface area contributed by atoms with Gasteiger partial charge in [-0.2, -0.15) is 0 Å². The van der Waals surface area contributed by atoms with Crippen molar-refractivity contribution in [3.8, 4) is 0 Å². The van der Waals surface area contributed by atoms with E-state index < -0.39 is 0 Å². The molecule has 0 aliphatic rings. The fourth-order valence-corrected chi connectivity index (χ4v) is 2.77. The fraction of sp³-hybridized carbons (Fsp3) is 0.222. The van der Waals surface area contributed by atoms with Gasteiger partial charge in [-0.25, -0.2) is 0 Å². The van der Waals surface area contributed by atoms with Crippen LogP contribution >= 0.6 is 12.2 Å². The Hall–Kier alpha value is -2.20. The summed E-state index contributed by atoms with van der Waals surface area (Å²) < 4.78 is 0. The Morgan fingerprint density at radius 3 is 2.32 bits per heavy atom. The summed E-state index contributed by atoms with van der Waals surface area (Å²) in [5.74, 6) is -0.125. The summed E-state index contributed by atoms with van der Waals surface area (Å²) in [6, 6.07) is 11.7. The second kappa shape index (κ2) is 6.71.